The normalized spacial score (nSPS) is 13.5. The first kappa shape index (κ1) is 16.5. The molecule has 0 saturated heterocycles. The molecule has 0 unspecified atom stereocenters. The predicted octanol–water partition coefficient (Wildman–Crippen LogP) is 2.76. The van der Waals surface area contributed by atoms with E-state index >= 15 is 0 Å². The van der Waals surface area contributed by atoms with E-state index in [1.807, 2.05) is 35.2 Å². The van der Waals surface area contributed by atoms with Crippen molar-refractivity contribution in [2.45, 2.75) is 25.9 Å². The lowest BCUT2D eigenvalue weighted by Gasteiger charge is -2.29. The van der Waals surface area contributed by atoms with Crippen LogP contribution in [0.1, 0.15) is 23.1 Å². The number of carbonyl (C=O) groups excluding carboxylic acids is 1. The van der Waals surface area contributed by atoms with E-state index in [-0.39, 0.29) is 5.91 Å². The molecule has 1 aliphatic heterocycles. The number of para-hydroxylation sites is 1. The Morgan fingerprint density at radius 1 is 1.12 bits per heavy atom. The minimum Gasteiger partial charge on any atom is -0.496 e. The molecular formula is C20H24N2O2. The Morgan fingerprint density at radius 2 is 1.88 bits per heavy atom. The molecule has 0 bridgehead atoms. The number of nitrogens with one attached hydrogen (secondary N) is 1. The second kappa shape index (κ2) is 7.97. The zero-order chi connectivity index (χ0) is 16.8. The summed E-state index contributed by atoms with van der Waals surface area (Å²) in [6, 6.07) is 16.3. The minimum absolute atomic E-state index is 0.219. The van der Waals surface area contributed by atoms with E-state index in [1.54, 1.807) is 7.11 Å². The number of fused-ring (bicyclic) bond motifs is 1. The smallest absolute Gasteiger partial charge is 0.224 e. The van der Waals surface area contributed by atoms with E-state index in [9.17, 15) is 4.79 Å². The summed E-state index contributed by atoms with van der Waals surface area (Å²) >= 11 is 0. The van der Waals surface area contributed by atoms with Crippen molar-refractivity contribution in [2.24, 2.45) is 0 Å². The molecule has 4 nitrogen and oxygen atoms in total. The third kappa shape index (κ3) is 3.95. The third-order valence-corrected chi connectivity index (χ3v) is 4.51. The Balaban J connectivity index is 1.45. The molecule has 2 aromatic carbocycles. The molecule has 0 aliphatic carbocycles. The molecule has 2 aromatic rings. The zero-order valence-electron chi connectivity index (χ0n) is 14.1. The number of hydrogen-bond acceptors (Lipinski definition) is 3. The molecule has 0 aromatic heterocycles. The Bertz CT molecular complexity index is 700. The number of ether oxygens (including phenoxy) is 1. The van der Waals surface area contributed by atoms with Gasteiger partial charge >= 0.3 is 0 Å². The van der Waals surface area contributed by atoms with Gasteiger partial charge in [-0.05, 0) is 23.6 Å². The van der Waals surface area contributed by atoms with E-state index in [0.717, 1.165) is 30.8 Å². The van der Waals surface area contributed by atoms with Gasteiger partial charge in [-0.2, -0.15) is 0 Å². The fraction of sp³-hybridized carbons (Fsp3) is 0.350. The van der Waals surface area contributed by atoms with Crippen LogP contribution >= 0.6 is 0 Å². The minimum atomic E-state index is 0.219. The van der Waals surface area contributed by atoms with Crippen LogP contribution < -0.4 is 10.1 Å². The summed E-state index contributed by atoms with van der Waals surface area (Å²) in [6.07, 6.45) is 1.48. The number of amides is 1. The maximum atomic E-state index is 12.4. The highest BCUT2D eigenvalue weighted by molar-refractivity contribution is 5.76. The SMILES string of the molecule is COc1ccccc1CNCCC(=O)N1CCc2ccccc2C1. The highest BCUT2D eigenvalue weighted by Gasteiger charge is 2.19. The van der Waals surface area contributed by atoms with Crippen molar-refractivity contribution >= 4 is 5.91 Å². The van der Waals surface area contributed by atoms with Crippen LogP contribution in [0, 0.1) is 0 Å². The average molecular weight is 324 g/mol. The summed E-state index contributed by atoms with van der Waals surface area (Å²) in [4.78, 5) is 14.4. The molecule has 0 atom stereocenters. The molecule has 1 heterocycles. The summed E-state index contributed by atoms with van der Waals surface area (Å²) in [5.41, 5.74) is 3.76. The van der Waals surface area contributed by atoms with Gasteiger partial charge in [0.25, 0.3) is 0 Å². The van der Waals surface area contributed by atoms with Gasteiger partial charge in [0.15, 0.2) is 0 Å². The lowest BCUT2D eigenvalue weighted by atomic mass is 10.00. The maximum absolute atomic E-state index is 12.4. The zero-order valence-corrected chi connectivity index (χ0v) is 14.1. The van der Waals surface area contributed by atoms with E-state index in [2.05, 4.69) is 23.5 Å². The molecule has 4 heteroatoms. The number of nitrogens with zero attached hydrogens (tertiary/aromatic N) is 1. The molecular weight excluding hydrogens is 300 g/mol. The highest BCUT2D eigenvalue weighted by Crippen LogP contribution is 2.19. The van der Waals surface area contributed by atoms with Crippen LogP contribution in [0.3, 0.4) is 0 Å². The Labute approximate surface area is 143 Å². The van der Waals surface area contributed by atoms with Gasteiger partial charge in [0.05, 0.1) is 7.11 Å². The highest BCUT2D eigenvalue weighted by atomic mass is 16.5. The van der Waals surface area contributed by atoms with E-state index < -0.39 is 0 Å². The van der Waals surface area contributed by atoms with Gasteiger partial charge in [-0.15, -0.1) is 0 Å². The monoisotopic (exact) mass is 324 g/mol. The number of benzene rings is 2. The molecule has 0 saturated carbocycles. The second-order valence-corrected chi connectivity index (χ2v) is 6.07. The van der Waals surface area contributed by atoms with Gasteiger partial charge < -0.3 is 15.0 Å². The van der Waals surface area contributed by atoms with Crippen molar-refractivity contribution in [3.8, 4) is 5.75 Å². The van der Waals surface area contributed by atoms with E-state index in [1.165, 1.54) is 11.1 Å². The number of methoxy groups -OCH3 is 1. The largest absolute Gasteiger partial charge is 0.496 e. The Kier molecular flexibility index (Phi) is 5.49. The van der Waals surface area contributed by atoms with Gasteiger partial charge in [0.2, 0.25) is 5.91 Å². The van der Waals surface area contributed by atoms with Gasteiger partial charge in [-0.1, -0.05) is 42.5 Å². The molecule has 1 N–H and O–H groups in total. The van der Waals surface area contributed by atoms with Crippen LogP contribution in [-0.4, -0.2) is 31.0 Å². The van der Waals surface area contributed by atoms with Crippen LogP contribution in [0.25, 0.3) is 0 Å². The molecule has 126 valence electrons. The van der Waals surface area contributed by atoms with E-state index in [4.69, 9.17) is 4.74 Å². The first-order chi connectivity index (χ1) is 11.8. The van der Waals surface area contributed by atoms with Crippen LogP contribution in [0.5, 0.6) is 5.75 Å². The molecule has 1 aliphatic rings. The molecule has 1 amide bonds. The average Bonchev–Trinajstić information content (AvgIpc) is 2.65. The number of carbonyl (C=O) groups is 1. The summed E-state index contributed by atoms with van der Waals surface area (Å²) in [5, 5.41) is 3.34. The second-order valence-electron chi connectivity index (χ2n) is 6.07. The summed E-state index contributed by atoms with van der Waals surface area (Å²) < 4.78 is 5.34. The Hall–Kier alpha value is -2.33. The fourth-order valence-corrected chi connectivity index (χ4v) is 3.13. The van der Waals surface area contributed by atoms with Crippen LogP contribution in [0.2, 0.25) is 0 Å². The van der Waals surface area contributed by atoms with Crippen molar-refractivity contribution in [3.63, 3.8) is 0 Å². The van der Waals surface area contributed by atoms with E-state index in [0.29, 0.717) is 19.5 Å². The summed E-state index contributed by atoms with van der Waals surface area (Å²) in [6.45, 7) is 2.94. The first-order valence-corrected chi connectivity index (χ1v) is 8.45. The van der Waals surface area contributed by atoms with Gasteiger partial charge in [0.1, 0.15) is 5.75 Å². The van der Waals surface area contributed by atoms with Crippen molar-refractivity contribution in [1.29, 1.82) is 0 Å². The molecule has 0 spiro atoms. The molecule has 0 radical (unpaired) electrons. The van der Waals surface area contributed by atoms with Crippen molar-refractivity contribution < 1.29 is 9.53 Å². The predicted molar refractivity (Wildman–Crippen MR) is 94.9 cm³/mol. The van der Waals surface area contributed by atoms with Crippen molar-refractivity contribution in [3.05, 3.63) is 65.2 Å². The van der Waals surface area contributed by atoms with Crippen LogP contribution in [0.4, 0.5) is 0 Å². The van der Waals surface area contributed by atoms with Crippen molar-refractivity contribution in [1.82, 2.24) is 10.2 Å². The van der Waals surface area contributed by atoms with Crippen molar-refractivity contribution in [2.75, 3.05) is 20.2 Å². The van der Waals surface area contributed by atoms with Gasteiger partial charge in [0, 0.05) is 38.2 Å². The van der Waals surface area contributed by atoms with Gasteiger partial charge in [-0.3, -0.25) is 4.79 Å². The Morgan fingerprint density at radius 3 is 2.71 bits per heavy atom. The summed E-state index contributed by atoms with van der Waals surface area (Å²) in [5.74, 6) is 1.10. The van der Waals surface area contributed by atoms with Crippen LogP contribution in [-0.2, 0) is 24.3 Å². The first-order valence-electron chi connectivity index (χ1n) is 8.45. The lowest BCUT2D eigenvalue weighted by molar-refractivity contribution is -0.132. The molecule has 3 rings (SSSR count). The maximum Gasteiger partial charge on any atom is 0.224 e. The van der Waals surface area contributed by atoms with Gasteiger partial charge in [-0.25, -0.2) is 0 Å². The summed E-state index contributed by atoms with van der Waals surface area (Å²) in [7, 11) is 1.68. The van der Waals surface area contributed by atoms with Crippen LogP contribution in [0.15, 0.2) is 48.5 Å². The fourth-order valence-electron chi connectivity index (χ4n) is 3.13. The third-order valence-electron chi connectivity index (χ3n) is 4.51. The topological polar surface area (TPSA) is 41.6 Å². The quantitative estimate of drug-likeness (QED) is 0.831. The molecule has 0 fully saturated rings. The lowest BCUT2D eigenvalue weighted by Crippen LogP contribution is -2.37. The molecule has 24 heavy (non-hydrogen) atoms. The number of rotatable bonds is 6. The number of hydrogen-bond donors (Lipinski definition) is 1. The standard InChI is InChI=1S/C20H24N2O2/c1-24-19-9-5-4-7-17(19)14-21-12-10-20(23)22-13-11-16-6-2-3-8-18(16)15-22/h2-9,21H,10-15H2,1H3.